The molecule has 3 heteroatoms. The topological polar surface area (TPSA) is 51.2 Å². The number of nitrogens with one attached hydrogen (secondary N) is 1. The van der Waals surface area contributed by atoms with Gasteiger partial charge in [0.1, 0.15) is 5.76 Å². The van der Waals surface area contributed by atoms with Crippen LogP contribution >= 0.6 is 0 Å². The van der Waals surface area contributed by atoms with Crippen LogP contribution in [0, 0.1) is 6.92 Å². The number of hydrazine groups is 1. The van der Waals surface area contributed by atoms with Gasteiger partial charge >= 0.3 is 0 Å². The van der Waals surface area contributed by atoms with Crippen LogP contribution in [-0.4, -0.2) is 0 Å². The van der Waals surface area contributed by atoms with E-state index >= 15 is 0 Å². The zero-order chi connectivity index (χ0) is 13.0. The van der Waals surface area contributed by atoms with Gasteiger partial charge in [-0.25, -0.2) is 5.43 Å². The first-order chi connectivity index (χ1) is 8.76. The molecule has 18 heavy (non-hydrogen) atoms. The molecule has 2 rings (SSSR count). The molecular weight excluding hydrogens is 224 g/mol. The summed E-state index contributed by atoms with van der Waals surface area (Å²) in [5, 5.41) is 0. The van der Waals surface area contributed by atoms with Crippen LogP contribution in [0.3, 0.4) is 0 Å². The zero-order valence-corrected chi connectivity index (χ0v) is 10.9. The smallest absolute Gasteiger partial charge is 0.105 e. The van der Waals surface area contributed by atoms with Gasteiger partial charge in [-0.15, -0.1) is 0 Å². The van der Waals surface area contributed by atoms with Gasteiger partial charge in [0.2, 0.25) is 0 Å². The van der Waals surface area contributed by atoms with Crippen LogP contribution in [-0.2, 0) is 6.42 Å². The van der Waals surface area contributed by atoms with E-state index < -0.39 is 0 Å². The zero-order valence-electron chi connectivity index (χ0n) is 10.9. The Labute approximate surface area is 108 Å². The first-order valence-corrected chi connectivity index (χ1v) is 6.35. The maximum Gasteiger partial charge on any atom is 0.105 e. The highest BCUT2D eigenvalue weighted by atomic mass is 16.3. The molecule has 1 unspecified atom stereocenters. The maximum atomic E-state index is 5.70. The van der Waals surface area contributed by atoms with E-state index in [4.69, 9.17) is 10.3 Å². The molecule has 1 aromatic carbocycles. The van der Waals surface area contributed by atoms with Crippen molar-refractivity contribution >= 4 is 0 Å². The van der Waals surface area contributed by atoms with E-state index in [1.807, 2.05) is 13.0 Å². The Hall–Kier alpha value is -1.58. The van der Waals surface area contributed by atoms with Gasteiger partial charge in [0.25, 0.3) is 0 Å². The molecule has 0 radical (unpaired) electrons. The molecule has 1 atom stereocenters. The number of rotatable bonds is 5. The Balaban J connectivity index is 2.33. The SMILES string of the molecule is CCCc1cccc(C(NN)c2ccoc2C)c1. The van der Waals surface area contributed by atoms with E-state index in [-0.39, 0.29) is 6.04 Å². The first-order valence-electron chi connectivity index (χ1n) is 6.35. The van der Waals surface area contributed by atoms with Gasteiger partial charge in [-0.05, 0) is 30.5 Å². The fraction of sp³-hybridized carbons (Fsp3) is 0.333. The van der Waals surface area contributed by atoms with Gasteiger partial charge in [-0.2, -0.15) is 0 Å². The molecule has 3 nitrogen and oxygen atoms in total. The van der Waals surface area contributed by atoms with Crippen LogP contribution in [0.1, 0.15) is 41.8 Å². The van der Waals surface area contributed by atoms with E-state index in [0.717, 1.165) is 24.2 Å². The first kappa shape index (κ1) is 12.9. The Morgan fingerprint density at radius 3 is 2.78 bits per heavy atom. The molecule has 3 N–H and O–H groups in total. The van der Waals surface area contributed by atoms with E-state index in [0.29, 0.717) is 0 Å². The summed E-state index contributed by atoms with van der Waals surface area (Å²) < 4.78 is 5.35. The van der Waals surface area contributed by atoms with Crippen molar-refractivity contribution in [3.8, 4) is 0 Å². The number of benzene rings is 1. The van der Waals surface area contributed by atoms with E-state index in [2.05, 4.69) is 36.6 Å². The third-order valence-corrected chi connectivity index (χ3v) is 3.20. The third-order valence-electron chi connectivity index (χ3n) is 3.20. The fourth-order valence-corrected chi connectivity index (χ4v) is 2.28. The summed E-state index contributed by atoms with van der Waals surface area (Å²) in [4.78, 5) is 0. The van der Waals surface area contributed by atoms with Crippen LogP contribution in [0.25, 0.3) is 0 Å². The van der Waals surface area contributed by atoms with Gasteiger partial charge < -0.3 is 4.42 Å². The van der Waals surface area contributed by atoms with Crippen molar-refractivity contribution in [2.45, 2.75) is 32.7 Å². The molecule has 0 spiro atoms. The molecule has 0 saturated carbocycles. The monoisotopic (exact) mass is 244 g/mol. The number of hydrogen-bond acceptors (Lipinski definition) is 3. The van der Waals surface area contributed by atoms with Crippen molar-refractivity contribution < 1.29 is 4.42 Å². The number of hydrogen-bond donors (Lipinski definition) is 2. The van der Waals surface area contributed by atoms with E-state index in [1.165, 1.54) is 11.1 Å². The molecule has 0 aliphatic carbocycles. The van der Waals surface area contributed by atoms with Crippen molar-refractivity contribution in [1.29, 1.82) is 0 Å². The molecule has 0 fully saturated rings. The van der Waals surface area contributed by atoms with E-state index in [1.54, 1.807) is 6.26 Å². The largest absolute Gasteiger partial charge is 0.469 e. The Morgan fingerprint density at radius 1 is 1.33 bits per heavy atom. The summed E-state index contributed by atoms with van der Waals surface area (Å²) in [5.41, 5.74) is 6.48. The molecule has 0 aliphatic heterocycles. The quantitative estimate of drug-likeness (QED) is 0.627. The summed E-state index contributed by atoms with van der Waals surface area (Å²) in [6.45, 7) is 4.14. The second-order valence-corrected chi connectivity index (χ2v) is 4.53. The molecule has 96 valence electrons. The molecule has 0 saturated heterocycles. The van der Waals surface area contributed by atoms with Gasteiger partial charge in [0.05, 0.1) is 12.3 Å². The fourth-order valence-electron chi connectivity index (χ4n) is 2.28. The second-order valence-electron chi connectivity index (χ2n) is 4.53. The lowest BCUT2D eigenvalue weighted by atomic mass is 9.97. The van der Waals surface area contributed by atoms with Crippen molar-refractivity contribution in [3.63, 3.8) is 0 Å². The van der Waals surface area contributed by atoms with Crippen LogP contribution in [0.5, 0.6) is 0 Å². The summed E-state index contributed by atoms with van der Waals surface area (Å²) in [7, 11) is 0. The second kappa shape index (κ2) is 5.85. The summed E-state index contributed by atoms with van der Waals surface area (Å²) in [6, 6.07) is 10.5. The maximum absolute atomic E-state index is 5.70. The van der Waals surface area contributed by atoms with Gasteiger partial charge in [0.15, 0.2) is 0 Å². The molecule has 2 aromatic rings. The normalized spacial score (nSPS) is 12.6. The average molecular weight is 244 g/mol. The Morgan fingerprint density at radius 2 is 2.17 bits per heavy atom. The standard InChI is InChI=1S/C15H20N2O/c1-3-5-12-6-4-7-13(10-12)15(17-16)14-8-9-18-11(14)2/h4,6-10,15,17H,3,5,16H2,1-2H3. The highest BCUT2D eigenvalue weighted by Crippen LogP contribution is 2.25. The third kappa shape index (κ3) is 2.63. The highest BCUT2D eigenvalue weighted by molar-refractivity contribution is 5.35. The van der Waals surface area contributed by atoms with E-state index in [9.17, 15) is 0 Å². The average Bonchev–Trinajstić information content (AvgIpc) is 2.78. The lowest BCUT2D eigenvalue weighted by Gasteiger charge is -2.16. The van der Waals surface area contributed by atoms with Crippen molar-refractivity contribution in [3.05, 3.63) is 59.0 Å². The minimum atomic E-state index is -0.0134. The number of furan rings is 1. The van der Waals surface area contributed by atoms with Gasteiger partial charge in [-0.3, -0.25) is 5.84 Å². The number of aryl methyl sites for hydroxylation is 2. The van der Waals surface area contributed by atoms with Crippen LogP contribution < -0.4 is 11.3 Å². The van der Waals surface area contributed by atoms with Crippen molar-refractivity contribution in [2.75, 3.05) is 0 Å². The van der Waals surface area contributed by atoms with Crippen molar-refractivity contribution in [2.24, 2.45) is 5.84 Å². The number of nitrogens with two attached hydrogens (primary N) is 1. The van der Waals surface area contributed by atoms with Crippen LogP contribution in [0.4, 0.5) is 0 Å². The van der Waals surface area contributed by atoms with Crippen molar-refractivity contribution in [1.82, 2.24) is 5.43 Å². The predicted molar refractivity (Wildman–Crippen MR) is 73.0 cm³/mol. The molecule has 0 amide bonds. The molecule has 0 bridgehead atoms. The molecule has 1 aromatic heterocycles. The lowest BCUT2D eigenvalue weighted by Crippen LogP contribution is -2.29. The minimum absolute atomic E-state index is 0.0134. The Bertz CT molecular complexity index is 505. The summed E-state index contributed by atoms with van der Waals surface area (Å²) >= 11 is 0. The minimum Gasteiger partial charge on any atom is -0.469 e. The van der Waals surface area contributed by atoms with Gasteiger partial charge in [-0.1, -0.05) is 37.6 Å². The van der Waals surface area contributed by atoms with Crippen LogP contribution in [0.15, 0.2) is 41.0 Å². The summed E-state index contributed by atoms with van der Waals surface area (Å²) in [5.74, 6) is 6.60. The molecular formula is C15H20N2O. The Kier molecular flexibility index (Phi) is 4.18. The highest BCUT2D eigenvalue weighted by Gasteiger charge is 2.16. The summed E-state index contributed by atoms with van der Waals surface area (Å²) in [6.07, 6.45) is 3.94. The molecule has 1 heterocycles. The lowest BCUT2D eigenvalue weighted by molar-refractivity contribution is 0.520. The van der Waals surface area contributed by atoms with Crippen LogP contribution in [0.2, 0.25) is 0 Å². The van der Waals surface area contributed by atoms with Gasteiger partial charge in [0, 0.05) is 5.56 Å². The molecule has 0 aliphatic rings. The predicted octanol–water partition coefficient (Wildman–Crippen LogP) is 3.09.